The molecule has 6 heteroatoms. The minimum absolute atomic E-state index is 0.00747. The van der Waals surface area contributed by atoms with E-state index in [4.69, 9.17) is 9.47 Å². The van der Waals surface area contributed by atoms with Gasteiger partial charge in [0.05, 0.1) is 6.61 Å². The average molecular weight is 408 g/mol. The van der Waals surface area contributed by atoms with E-state index in [2.05, 4.69) is 11.7 Å². The zero-order chi connectivity index (χ0) is 20.9. The molecule has 0 spiro atoms. The van der Waals surface area contributed by atoms with Crippen molar-refractivity contribution in [3.05, 3.63) is 53.8 Å². The Hall–Kier alpha value is -2.37. The summed E-state index contributed by atoms with van der Waals surface area (Å²) in [5, 5.41) is 0. The molecule has 0 unspecified atom stereocenters. The predicted octanol–water partition coefficient (Wildman–Crippen LogP) is 6.57. The molecule has 1 saturated carbocycles. The van der Waals surface area contributed by atoms with Crippen LogP contribution in [-0.2, 0) is 0 Å². The van der Waals surface area contributed by atoms with Gasteiger partial charge in [0.1, 0.15) is 11.5 Å². The zero-order valence-electron chi connectivity index (χ0n) is 16.8. The summed E-state index contributed by atoms with van der Waals surface area (Å²) in [5.74, 6) is 0.598. The molecule has 0 aromatic heterocycles. The van der Waals surface area contributed by atoms with Crippen molar-refractivity contribution in [3.8, 4) is 17.2 Å². The van der Waals surface area contributed by atoms with Crippen LogP contribution in [0.25, 0.3) is 0 Å². The second-order valence-electron chi connectivity index (χ2n) is 7.58. The fraction of sp³-hybridized carbons (Fsp3) is 0.478. The van der Waals surface area contributed by atoms with E-state index in [1.807, 2.05) is 12.1 Å². The fourth-order valence-corrected chi connectivity index (χ4v) is 3.62. The van der Waals surface area contributed by atoms with E-state index in [-0.39, 0.29) is 18.1 Å². The van der Waals surface area contributed by atoms with Gasteiger partial charge in [-0.15, -0.1) is 0 Å². The van der Waals surface area contributed by atoms with Gasteiger partial charge < -0.3 is 14.2 Å². The van der Waals surface area contributed by atoms with Gasteiger partial charge in [0, 0.05) is 6.07 Å². The van der Waals surface area contributed by atoms with Gasteiger partial charge in [-0.25, -0.2) is 4.39 Å². The summed E-state index contributed by atoms with van der Waals surface area (Å²) < 4.78 is 56.8. The molecule has 0 radical (unpaired) electrons. The lowest BCUT2D eigenvalue weighted by atomic mass is 9.79. The molecule has 1 fully saturated rings. The topological polar surface area (TPSA) is 27.7 Å². The van der Waals surface area contributed by atoms with E-state index in [9.17, 15) is 13.2 Å². The minimum Gasteiger partial charge on any atom is -0.491 e. The molecule has 2 aromatic carbocycles. The molecule has 1 aliphatic carbocycles. The number of ether oxygens (including phenoxy) is 3. The van der Waals surface area contributed by atoms with Gasteiger partial charge in [-0.05, 0) is 61.4 Å². The quantitative estimate of drug-likeness (QED) is 0.494. The first kappa shape index (κ1) is 21.3. The standard InChI is InChI=1S/C23H27F3O3/c1-3-27-22-13-12-20(14-21(22)24)29-23(25,26)15-28-19-10-8-18(9-11-19)17-6-4-16(2)5-7-17/h8-14,16-17H,3-7,15H2,1-2H3. The number of halogens is 3. The lowest BCUT2D eigenvalue weighted by Crippen LogP contribution is -2.32. The molecule has 3 rings (SSSR count). The van der Waals surface area contributed by atoms with Crippen molar-refractivity contribution in [1.82, 2.24) is 0 Å². The molecule has 0 heterocycles. The molecule has 0 aliphatic heterocycles. The van der Waals surface area contributed by atoms with E-state index in [0.29, 0.717) is 11.7 Å². The highest BCUT2D eigenvalue weighted by Gasteiger charge is 2.33. The monoisotopic (exact) mass is 408 g/mol. The Balaban J connectivity index is 1.53. The Morgan fingerprint density at radius 1 is 0.931 bits per heavy atom. The normalized spacial score (nSPS) is 19.6. The van der Waals surface area contributed by atoms with Gasteiger partial charge in [0.25, 0.3) is 0 Å². The van der Waals surface area contributed by atoms with E-state index >= 15 is 0 Å². The second-order valence-corrected chi connectivity index (χ2v) is 7.58. The third-order valence-corrected chi connectivity index (χ3v) is 5.24. The second kappa shape index (κ2) is 9.42. The van der Waals surface area contributed by atoms with Gasteiger partial charge in [-0.1, -0.05) is 31.9 Å². The number of rotatable bonds is 8. The van der Waals surface area contributed by atoms with Crippen LogP contribution < -0.4 is 14.2 Å². The van der Waals surface area contributed by atoms with Gasteiger partial charge in [-0.3, -0.25) is 0 Å². The van der Waals surface area contributed by atoms with Crippen LogP contribution in [0.5, 0.6) is 17.2 Å². The van der Waals surface area contributed by atoms with Crippen LogP contribution in [0.15, 0.2) is 42.5 Å². The number of benzene rings is 2. The molecule has 0 N–H and O–H groups in total. The Labute approximate surface area is 169 Å². The van der Waals surface area contributed by atoms with E-state index in [1.54, 1.807) is 19.1 Å². The highest BCUT2D eigenvalue weighted by atomic mass is 19.3. The molecule has 0 bridgehead atoms. The lowest BCUT2D eigenvalue weighted by molar-refractivity contribution is -0.195. The molecule has 0 amide bonds. The van der Waals surface area contributed by atoms with E-state index < -0.39 is 18.5 Å². The third-order valence-electron chi connectivity index (χ3n) is 5.24. The van der Waals surface area contributed by atoms with Crippen LogP contribution in [0.2, 0.25) is 0 Å². The maximum absolute atomic E-state index is 14.1. The van der Waals surface area contributed by atoms with Gasteiger partial charge in [0.15, 0.2) is 18.2 Å². The fourth-order valence-electron chi connectivity index (χ4n) is 3.62. The van der Waals surface area contributed by atoms with Crippen molar-refractivity contribution in [1.29, 1.82) is 0 Å². The minimum atomic E-state index is -3.60. The van der Waals surface area contributed by atoms with Crippen LogP contribution in [0.3, 0.4) is 0 Å². The molecular weight excluding hydrogens is 381 g/mol. The van der Waals surface area contributed by atoms with Gasteiger partial charge in [0.2, 0.25) is 0 Å². The molecule has 2 aromatic rings. The van der Waals surface area contributed by atoms with Crippen LogP contribution in [0, 0.1) is 11.7 Å². The van der Waals surface area contributed by atoms with E-state index in [1.165, 1.54) is 30.5 Å². The SMILES string of the molecule is CCOc1ccc(OC(F)(F)COc2ccc(C3CCC(C)CC3)cc2)cc1F. The first-order chi connectivity index (χ1) is 13.9. The van der Waals surface area contributed by atoms with Crippen LogP contribution in [0.1, 0.15) is 51.0 Å². The Morgan fingerprint density at radius 2 is 1.59 bits per heavy atom. The Bertz CT molecular complexity index is 784. The van der Waals surface area contributed by atoms with Gasteiger partial charge >= 0.3 is 6.11 Å². The summed E-state index contributed by atoms with van der Waals surface area (Å²) in [6.45, 7) is 3.29. The predicted molar refractivity (Wildman–Crippen MR) is 105 cm³/mol. The van der Waals surface area contributed by atoms with Crippen LogP contribution >= 0.6 is 0 Å². The maximum Gasteiger partial charge on any atom is 0.432 e. The Kier molecular flexibility index (Phi) is 6.93. The highest BCUT2D eigenvalue weighted by molar-refractivity contribution is 5.33. The van der Waals surface area contributed by atoms with Crippen molar-refractivity contribution in [2.75, 3.05) is 13.2 Å². The third kappa shape index (κ3) is 6.05. The summed E-state index contributed by atoms with van der Waals surface area (Å²) in [6.07, 6.45) is 1.16. The van der Waals surface area contributed by atoms with Crippen molar-refractivity contribution in [2.24, 2.45) is 5.92 Å². The van der Waals surface area contributed by atoms with Gasteiger partial charge in [-0.2, -0.15) is 8.78 Å². The maximum atomic E-state index is 14.1. The summed E-state index contributed by atoms with van der Waals surface area (Å²) in [6, 6.07) is 10.7. The highest BCUT2D eigenvalue weighted by Crippen LogP contribution is 2.36. The zero-order valence-corrected chi connectivity index (χ0v) is 16.8. The largest absolute Gasteiger partial charge is 0.491 e. The smallest absolute Gasteiger partial charge is 0.432 e. The summed E-state index contributed by atoms with van der Waals surface area (Å²) >= 11 is 0. The lowest BCUT2D eigenvalue weighted by Gasteiger charge is -2.26. The molecular formula is C23H27F3O3. The molecule has 0 atom stereocenters. The first-order valence-corrected chi connectivity index (χ1v) is 10.1. The molecule has 3 nitrogen and oxygen atoms in total. The number of hydrogen-bond donors (Lipinski definition) is 0. The number of alkyl halides is 2. The summed E-state index contributed by atoms with van der Waals surface area (Å²) in [4.78, 5) is 0. The van der Waals surface area contributed by atoms with Crippen molar-refractivity contribution < 1.29 is 27.4 Å². The molecule has 1 aliphatic rings. The van der Waals surface area contributed by atoms with Crippen LogP contribution in [0.4, 0.5) is 13.2 Å². The molecule has 0 saturated heterocycles. The molecule has 29 heavy (non-hydrogen) atoms. The number of hydrogen-bond acceptors (Lipinski definition) is 3. The van der Waals surface area contributed by atoms with Crippen molar-refractivity contribution in [2.45, 2.75) is 51.6 Å². The van der Waals surface area contributed by atoms with Crippen molar-refractivity contribution in [3.63, 3.8) is 0 Å². The first-order valence-electron chi connectivity index (χ1n) is 10.1. The summed E-state index contributed by atoms with van der Waals surface area (Å²) in [5.41, 5.74) is 1.22. The van der Waals surface area contributed by atoms with Crippen LogP contribution in [-0.4, -0.2) is 19.3 Å². The van der Waals surface area contributed by atoms with Crippen molar-refractivity contribution >= 4 is 0 Å². The Morgan fingerprint density at radius 3 is 2.21 bits per heavy atom. The van der Waals surface area contributed by atoms with E-state index in [0.717, 1.165) is 24.8 Å². The average Bonchev–Trinajstić information content (AvgIpc) is 2.69. The summed E-state index contributed by atoms with van der Waals surface area (Å²) in [7, 11) is 0. The molecule has 158 valence electrons.